The van der Waals surface area contributed by atoms with Crippen molar-refractivity contribution >= 4 is 15.7 Å². The Morgan fingerprint density at radius 3 is 2.95 bits per heavy atom. The first-order chi connectivity index (χ1) is 9.46. The molecule has 0 saturated carbocycles. The van der Waals surface area contributed by atoms with Crippen LogP contribution in [0.3, 0.4) is 0 Å². The van der Waals surface area contributed by atoms with Gasteiger partial charge in [0.2, 0.25) is 0 Å². The highest BCUT2D eigenvalue weighted by Crippen LogP contribution is 2.28. The van der Waals surface area contributed by atoms with Crippen molar-refractivity contribution in [2.45, 2.75) is 23.9 Å². The molecule has 7 nitrogen and oxygen atoms in total. The Morgan fingerprint density at radius 1 is 1.55 bits per heavy atom. The summed E-state index contributed by atoms with van der Waals surface area (Å²) >= 11 is 0. The summed E-state index contributed by atoms with van der Waals surface area (Å²) < 4.78 is 27.0. The summed E-state index contributed by atoms with van der Waals surface area (Å²) in [7, 11) is 0.259. The minimum Gasteiger partial charge on any atom is -0.321 e. The Morgan fingerprint density at radius 2 is 2.30 bits per heavy atom. The molecule has 2 heterocycles. The van der Waals surface area contributed by atoms with Crippen molar-refractivity contribution in [3.63, 3.8) is 0 Å². The fourth-order valence-corrected chi connectivity index (χ4v) is 4.30. The van der Waals surface area contributed by atoms with Gasteiger partial charge >= 0.3 is 0 Å². The molecule has 0 aromatic carbocycles. The van der Waals surface area contributed by atoms with Gasteiger partial charge in [0.05, 0.1) is 5.69 Å². The van der Waals surface area contributed by atoms with Crippen molar-refractivity contribution in [1.82, 2.24) is 14.2 Å². The zero-order valence-electron chi connectivity index (χ0n) is 11.8. The predicted molar refractivity (Wildman–Crippen MR) is 77.5 cm³/mol. The van der Waals surface area contributed by atoms with Gasteiger partial charge in [0.25, 0.3) is 10.0 Å². The number of aromatic nitrogens is 1. The number of rotatable bonds is 5. The van der Waals surface area contributed by atoms with Gasteiger partial charge in [0.1, 0.15) is 0 Å². The van der Waals surface area contributed by atoms with E-state index in [0.717, 1.165) is 12.8 Å². The van der Waals surface area contributed by atoms with Crippen LogP contribution < -0.4 is 11.3 Å². The molecule has 0 spiro atoms. The van der Waals surface area contributed by atoms with Crippen molar-refractivity contribution in [2.24, 2.45) is 5.84 Å². The summed E-state index contributed by atoms with van der Waals surface area (Å²) in [6.07, 6.45) is 3.20. The maximum atomic E-state index is 12.8. The molecule has 1 atom stereocenters. The summed E-state index contributed by atoms with van der Waals surface area (Å²) in [5.74, 6) is 5.38. The highest BCUT2D eigenvalue weighted by molar-refractivity contribution is 7.89. The quantitative estimate of drug-likeness (QED) is 0.591. The Bertz CT molecular complexity index is 561. The number of nitrogen functional groups attached to an aromatic ring is 1. The van der Waals surface area contributed by atoms with Gasteiger partial charge in [-0.1, -0.05) is 0 Å². The summed E-state index contributed by atoms with van der Waals surface area (Å²) in [4.78, 5) is 5.99. The minimum atomic E-state index is -3.62. The van der Waals surface area contributed by atoms with E-state index in [-0.39, 0.29) is 11.1 Å². The molecule has 0 radical (unpaired) electrons. The summed E-state index contributed by atoms with van der Waals surface area (Å²) in [6.45, 7) is 1.23. The van der Waals surface area contributed by atoms with Gasteiger partial charge in [-0.25, -0.2) is 13.4 Å². The van der Waals surface area contributed by atoms with E-state index in [0.29, 0.717) is 18.8 Å². The first-order valence-electron chi connectivity index (χ1n) is 6.55. The van der Waals surface area contributed by atoms with Crippen LogP contribution in [0.2, 0.25) is 0 Å². The van der Waals surface area contributed by atoms with Crippen LogP contribution in [-0.4, -0.2) is 55.8 Å². The highest BCUT2D eigenvalue weighted by Gasteiger charge is 2.37. The van der Waals surface area contributed by atoms with Crippen molar-refractivity contribution in [1.29, 1.82) is 0 Å². The average molecular weight is 299 g/mol. The van der Waals surface area contributed by atoms with Crippen LogP contribution in [0.1, 0.15) is 12.8 Å². The zero-order chi connectivity index (χ0) is 14.8. The topological polar surface area (TPSA) is 91.6 Å². The minimum absolute atomic E-state index is 0.00634. The number of anilines is 1. The molecular formula is C12H21N5O2S. The van der Waals surface area contributed by atoms with Gasteiger partial charge in [0.15, 0.2) is 5.03 Å². The monoisotopic (exact) mass is 299 g/mol. The second-order valence-corrected chi connectivity index (χ2v) is 6.98. The molecule has 20 heavy (non-hydrogen) atoms. The van der Waals surface area contributed by atoms with Gasteiger partial charge < -0.3 is 10.3 Å². The van der Waals surface area contributed by atoms with Crippen LogP contribution in [0, 0.1) is 0 Å². The predicted octanol–water partition coefficient (Wildman–Crippen LogP) is 0.0819. The van der Waals surface area contributed by atoms with Gasteiger partial charge in [-0.3, -0.25) is 5.84 Å². The van der Waals surface area contributed by atoms with Gasteiger partial charge in [-0.05, 0) is 39.1 Å². The number of nitrogens with two attached hydrogens (primary N) is 1. The second kappa shape index (κ2) is 6.04. The number of nitrogens with zero attached hydrogens (tertiary/aromatic N) is 3. The maximum Gasteiger partial charge on any atom is 0.262 e. The van der Waals surface area contributed by atoms with Crippen LogP contribution in [0.25, 0.3) is 0 Å². The molecule has 1 aromatic rings. The first kappa shape index (κ1) is 15.2. The SMILES string of the molecule is CN(C)CC1CCCN1S(=O)(=O)c1ncccc1NN. The molecular weight excluding hydrogens is 278 g/mol. The Balaban J connectivity index is 2.34. The standard InChI is InChI=1S/C12H21N5O2S/c1-16(2)9-10-5-4-8-17(10)20(18,19)12-11(15-13)6-3-7-14-12/h3,6-7,10,15H,4-5,8-9,13H2,1-2H3. The molecule has 1 unspecified atom stereocenters. The second-order valence-electron chi connectivity index (χ2n) is 5.17. The van der Waals surface area contributed by atoms with E-state index in [1.165, 1.54) is 10.5 Å². The van der Waals surface area contributed by atoms with E-state index in [1.807, 2.05) is 19.0 Å². The molecule has 1 fully saturated rings. The number of sulfonamides is 1. The maximum absolute atomic E-state index is 12.8. The lowest BCUT2D eigenvalue weighted by Gasteiger charge is -2.26. The number of nitrogens with one attached hydrogen (secondary N) is 1. The number of hydrogen-bond donors (Lipinski definition) is 2. The van der Waals surface area contributed by atoms with Crippen LogP contribution in [0.4, 0.5) is 5.69 Å². The molecule has 112 valence electrons. The molecule has 0 aliphatic carbocycles. The van der Waals surface area contributed by atoms with E-state index in [9.17, 15) is 8.42 Å². The van der Waals surface area contributed by atoms with Crippen molar-refractivity contribution in [2.75, 3.05) is 32.6 Å². The molecule has 1 aliphatic rings. The lowest BCUT2D eigenvalue weighted by molar-refractivity contribution is 0.291. The van der Waals surface area contributed by atoms with Crippen LogP contribution >= 0.6 is 0 Å². The first-order valence-corrected chi connectivity index (χ1v) is 7.99. The highest BCUT2D eigenvalue weighted by atomic mass is 32.2. The molecule has 1 saturated heterocycles. The molecule has 1 aromatic heterocycles. The van der Waals surface area contributed by atoms with E-state index in [1.54, 1.807) is 12.1 Å². The van der Waals surface area contributed by atoms with Crippen molar-refractivity contribution in [3.05, 3.63) is 18.3 Å². The lowest BCUT2D eigenvalue weighted by atomic mass is 10.2. The summed E-state index contributed by atoms with van der Waals surface area (Å²) in [5.41, 5.74) is 2.72. The van der Waals surface area contributed by atoms with Crippen LogP contribution in [0.15, 0.2) is 23.4 Å². The summed E-state index contributed by atoms with van der Waals surface area (Å²) in [6, 6.07) is 3.24. The van der Waals surface area contributed by atoms with Gasteiger partial charge in [-0.15, -0.1) is 0 Å². The van der Waals surface area contributed by atoms with Crippen molar-refractivity contribution < 1.29 is 8.42 Å². The van der Waals surface area contributed by atoms with Crippen LogP contribution in [-0.2, 0) is 10.0 Å². The lowest BCUT2D eigenvalue weighted by Crippen LogP contribution is -2.41. The third kappa shape index (κ3) is 2.93. The zero-order valence-corrected chi connectivity index (χ0v) is 12.6. The van der Waals surface area contributed by atoms with E-state index >= 15 is 0 Å². The van der Waals surface area contributed by atoms with Gasteiger partial charge in [0, 0.05) is 25.3 Å². The van der Waals surface area contributed by atoms with E-state index < -0.39 is 10.0 Å². The van der Waals surface area contributed by atoms with E-state index in [4.69, 9.17) is 5.84 Å². The Labute approximate surface area is 119 Å². The van der Waals surface area contributed by atoms with E-state index in [2.05, 4.69) is 10.4 Å². The van der Waals surface area contributed by atoms with Gasteiger partial charge in [-0.2, -0.15) is 4.31 Å². The largest absolute Gasteiger partial charge is 0.321 e. The Hall–Kier alpha value is -1.22. The fraction of sp³-hybridized carbons (Fsp3) is 0.583. The number of hydrazine groups is 1. The number of hydrogen-bond acceptors (Lipinski definition) is 6. The molecule has 2 rings (SSSR count). The Kier molecular flexibility index (Phi) is 4.59. The molecule has 3 N–H and O–H groups in total. The molecule has 0 amide bonds. The number of pyridine rings is 1. The average Bonchev–Trinajstić information content (AvgIpc) is 2.86. The third-order valence-corrected chi connectivity index (χ3v) is 5.29. The van der Waals surface area contributed by atoms with Crippen molar-refractivity contribution in [3.8, 4) is 0 Å². The van der Waals surface area contributed by atoms with Crippen LogP contribution in [0.5, 0.6) is 0 Å². The molecule has 0 bridgehead atoms. The molecule has 8 heteroatoms. The third-order valence-electron chi connectivity index (χ3n) is 3.38. The summed E-state index contributed by atoms with van der Waals surface area (Å²) in [5, 5.41) is -0.00634. The normalized spacial score (nSPS) is 20.5. The fourth-order valence-electron chi connectivity index (χ4n) is 2.55. The number of likely N-dealkylation sites (N-methyl/N-ethyl adjacent to an activating group) is 1. The molecule has 1 aliphatic heterocycles. The smallest absolute Gasteiger partial charge is 0.262 e.